The summed E-state index contributed by atoms with van der Waals surface area (Å²) in [6.45, 7) is 2.05. The summed E-state index contributed by atoms with van der Waals surface area (Å²) in [6.07, 6.45) is 8.10. The van der Waals surface area contributed by atoms with Crippen LogP contribution in [0.3, 0.4) is 0 Å². The highest BCUT2D eigenvalue weighted by molar-refractivity contribution is 5.91. The van der Waals surface area contributed by atoms with Crippen molar-refractivity contribution in [3.63, 3.8) is 0 Å². The standard InChI is InChI=1S/C19H21N3O/c1-12-15(21-11-20-12)10-13-5-3-6-16-14(9-13)19-17(22(16)2)7-4-8-18(19)23/h4,7-8,10-11,23H,3,5-6,9H2,1-2H3,(H,20,21). The topological polar surface area (TPSA) is 53.8 Å². The Morgan fingerprint density at radius 2 is 2.17 bits per heavy atom. The fourth-order valence-electron chi connectivity index (χ4n) is 3.75. The Balaban J connectivity index is 1.86. The van der Waals surface area contributed by atoms with Gasteiger partial charge in [0.05, 0.1) is 17.5 Å². The van der Waals surface area contributed by atoms with Gasteiger partial charge in [0.15, 0.2) is 0 Å². The van der Waals surface area contributed by atoms with Crippen molar-refractivity contribution in [2.75, 3.05) is 0 Å². The summed E-state index contributed by atoms with van der Waals surface area (Å²) in [7, 11) is 2.10. The summed E-state index contributed by atoms with van der Waals surface area (Å²) in [6, 6.07) is 5.79. The number of aromatic hydroxyl groups is 1. The summed E-state index contributed by atoms with van der Waals surface area (Å²) in [5.41, 5.74) is 7.25. The maximum atomic E-state index is 10.4. The predicted octanol–water partition coefficient (Wildman–Crippen LogP) is 3.88. The number of aromatic nitrogens is 3. The van der Waals surface area contributed by atoms with E-state index in [0.717, 1.165) is 48.0 Å². The van der Waals surface area contributed by atoms with Crippen LogP contribution in [0.15, 0.2) is 30.1 Å². The molecule has 2 heterocycles. The molecular formula is C19H21N3O. The number of phenols is 1. The van der Waals surface area contributed by atoms with Crippen LogP contribution in [0.1, 0.15) is 35.5 Å². The monoisotopic (exact) mass is 307 g/mol. The number of hydrogen-bond acceptors (Lipinski definition) is 2. The molecule has 118 valence electrons. The molecular weight excluding hydrogens is 286 g/mol. The van der Waals surface area contributed by atoms with E-state index in [9.17, 15) is 5.11 Å². The minimum atomic E-state index is 0.386. The van der Waals surface area contributed by atoms with Crippen LogP contribution in [-0.4, -0.2) is 19.6 Å². The molecule has 0 saturated heterocycles. The Morgan fingerprint density at radius 1 is 1.30 bits per heavy atom. The molecule has 23 heavy (non-hydrogen) atoms. The number of rotatable bonds is 1. The zero-order valence-corrected chi connectivity index (χ0v) is 13.6. The number of aromatic amines is 1. The molecule has 0 fully saturated rings. The van der Waals surface area contributed by atoms with E-state index in [2.05, 4.69) is 33.7 Å². The van der Waals surface area contributed by atoms with Gasteiger partial charge in [0.1, 0.15) is 5.75 Å². The van der Waals surface area contributed by atoms with Crippen molar-refractivity contribution < 1.29 is 5.11 Å². The first kappa shape index (κ1) is 14.1. The van der Waals surface area contributed by atoms with E-state index < -0.39 is 0 Å². The summed E-state index contributed by atoms with van der Waals surface area (Å²) < 4.78 is 2.24. The number of imidazole rings is 1. The van der Waals surface area contributed by atoms with Crippen LogP contribution in [0.4, 0.5) is 0 Å². The number of hydrogen-bond donors (Lipinski definition) is 2. The lowest BCUT2D eigenvalue weighted by Crippen LogP contribution is -1.96. The van der Waals surface area contributed by atoms with Crippen LogP contribution >= 0.6 is 0 Å². The molecule has 4 rings (SSSR count). The quantitative estimate of drug-likeness (QED) is 0.670. The first-order valence-corrected chi connectivity index (χ1v) is 8.12. The number of aryl methyl sites for hydroxylation is 2. The predicted molar refractivity (Wildman–Crippen MR) is 92.5 cm³/mol. The summed E-state index contributed by atoms with van der Waals surface area (Å²) >= 11 is 0. The normalized spacial score (nSPS) is 16.7. The average Bonchev–Trinajstić information content (AvgIpc) is 2.96. The van der Waals surface area contributed by atoms with Crippen LogP contribution in [0, 0.1) is 6.92 Å². The summed E-state index contributed by atoms with van der Waals surface area (Å²) in [5.74, 6) is 0.386. The molecule has 4 nitrogen and oxygen atoms in total. The van der Waals surface area contributed by atoms with Gasteiger partial charge in [-0.15, -0.1) is 0 Å². The van der Waals surface area contributed by atoms with Gasteiger partial charge in [-0.25, -0.2) is 4.98 Å². The largest absolute Gasteiger partial charge is 0.507 e. The smallest absolute Gasteiger partial charge is 0.125 e. The molecule has 0 spiro atoms. The number of nitrogens with zero attached hydrogens (tertiary/aromatic N) is 2. The Labute approximate surface area is 135 Å². The highest BCUT2D eigenvalue weighted by Crippen LogP contribution is 2.37. The van der Waals surface area contributed by atoms with E-state index in [1.54, 1.807) is 12.4 Å². The van der Waals surface area contributed by atoms with Crippen LogP contribution in [0.5, 0.6) is 5.75 Å². The van der Waals surface area contributed by atoms with Crippen molar-refractivity contribution in [1.29, 1.82) is 0 Å². The van der Waals surface area contributed by atoms with Crippen molar-refractivity contribution in [1.82, 2.24) is 14.5 Å². The number of allylic oxidation sites excluding steroid dienone is 1. The number of benzene rings is 1. The molecule has 1 aliphatic rings. The minimum absolute atomic E-state index is 0.386. The van der Waals surface area contributed by atoms with Gasteiger partial charge >= 0.3 is 0 Å². The lowest BCUT2D eigenvalue weighted by Gasteiger charge is -2.05. The SMILES string of the molecule is Cc1[nH]cnc1C=C1CCCc2c(c3c(O)cccc3n2C)C1. The van der Waals surface area contributed by atoms with Gasteiger partial charge in [-0.05, 0) is 56.4 Å². The zero-order chi connectivity index (χ0) is 16.0. The maximum absolute atomic E-state index is 10.4. The maximum Gasteiger partial charge on any atom is 0.125 e. The first-order valence-electron chi connectivity index (χ1n) is 8.12. The highest BCUT2D eigenvalue weighted by Gasteiger charge is 2.21. The number of H-pyrrole nitrogens is 1. The zero-order valence-electron chi connectivity index (χ0n) is 13.6. The molecule has 4 heteroatoms. The van der Waals surface area contributed by atoms with Crippen molar-refractivity contribution >= 4 is 17.0 Å². The van der Waals surface area contributed by atoms with Crippen LogP contribution < -0.4 is 0 Å². The second-order valence-corrected chi connectivity index (χ2v) is 6.40. The van der Waals surface area contributed by atoms with Crippen molar-refractivity contribution in [2.45, 2.75) is 32.6 Å². The van der Waals surface area contributed by atoms with E-state index in [0.29, 0.717) is 5.75 Å². The van der Waals surface area contributed by atoms with Gasteiger partial charge < -0.3 is 14.7 Å². The van der Waals surface area contributed by atoms with E-state index in [1.165, 1.54) is 16.8 Å². The molecule has 0 unspecified atom stereocenters. The summed E-state index contributed by atoms with van der Waals surface area (Å²) in [4.78, 5) is 7.53. The van der Waals surface area contributed by atoms with E-state index >= 15 is 0 Å². The van der Waals surface area contributed by atoms with Gasteiger partial charge in [0.2, 0.25) is 0 Å². The van der Waals surface area contributed by atoms with Gasteiger partial charge in [-0.3, -0.25) is 0 Å². The molecule has 2 N–H and O–H groups in total. The molecule has 1 aliphatic carbocycles. The van der Waals surface area contributed by atoms with E-state index in [-0.39, 0.29) is 0 Å². The Kier molecular flexibility index (Phi) is 3.26. The van der Waals surface area contributed by atoms with Gasteiger partial charge in [0.25, 0.3) is 0 Å². The molecule has 0 aliphatic heterocycles. The molecule has 3 aromatic rings. The molecule has 0 bridgehead atoms. The van der Waals surface area contributed by atoms with E-state index in [1.807, 2.05) is 13.0 Å². The van der Waals surface area contributed by atoms with Crippen LogP contribution in [0.25, 0.3) is 17.0 Å². The van der Waals surface area contributed by atoms with E-state index in [4.69, 9.17) is 0 Å². The molecule has 0 saturated carbocycles. The highest BCUT2D eigenvalue weighted by atomic mass is 16.3. The Hall–Kier alpha value is -2.49. The third-order valence-electron chi connectivity index (χ3n) is 4.96. The third kappa shape index (κ3) is 2.25. The lowest BCUT2D eigenvalue weighted by molar-refractivity contribution is 0.481. The summed E-state index contributed by atoms with van der Waals surface area (Å²) in [5, 5.41) is 11.4. The second-order valence-electron chi connectivity index (χ2n) is 6.40. The minimum Gasteiger partial charge on any atom is -0.507 e. The average molecular weight is 307 g/mol. The number of phenolic OH excluding ortho intramolecular Hbond substituents is 1. The molecule has 0 atom stereocenters. The molecule has 0 radical (unpaired) electrons. The Morgan fingerprint density at radius 3 is 2.96 bits per heavy atom. The van der Waals surface area contributed by atoms with Gasteiger partial charge in [-0.1, -0.05) is 11.6 Å². The number of fused-ring (bicyclic) bond motifs is 3. The lowest BCUT2D eigenvalue weighted by atomic mass is 10.0. The van der Waals surface area contributed by atoms with Crippen molar-refractivity contribution in [3.05, 3.63) is 52.7 Å². The van der Waals surface area contributed by atoms with Crippen molar-refractivity contribution in [3.8, 4) is 5.75 Å². The fourth-order valence-corrected chi connectivity index (χ4v) is 3.75. The van der Waals surface area contributed by atoms with Crippen LogP contribution in [-0.2, 0) is 19.9 Å². The number of nitrogens with one attached hydrogen (secondary N) is 1. The molecule has 0 amide bonds. The van der Waals surface area contributed by atoms with Gasteiger partial charge in [-0.2, -0.15) is 0 Å². The first-order chi connectivity index (χ1) is 11.1. The second kappa shape index (κ2) is 5.30. The fraction of sp³-hybridized carbons (Fsp3) is 0.316. The molecule has 2 aromatic heterocycles. The van der Waals surface area contributed by atoms with Gasteiger partial charge in [0, 0.05) is 23.8 Å². The Bertz CT molecular complexity index is 914. The third-order valence-corrected chi connectivity index (χ3v) is 4.96. The van der Waals surface area contributed by atoms with Crippen LogP contribution in [0.2, 0.25) is 0 Å². The van der Waals surface area contributed by atoms with Crippen molar-refractivity contribution in [2.24, 2.45) is 7.05 Å². The molecule has 1 aromatic carbocycles.